The van der Waals surface area contributed by atoms with Gasteiger partial charge in [-0.1, -0.05) is 35.9 Å². The lowest BCUT2D eigenvalue weighted by Gasteiger charge is -2.28. The van der Waals surface area contributed by atoms with Gasteiger partial charge in [0.05, 0.1) is 30.6 Å². The van der Waals surface area contributed by atoms with Gasteiger partial charge in [0.25, 0.3) is 0 Å². The molecule has 7 nitrogen and oxygen atoms in total. The van der Waals surface area contributed by atoms with Crippen LogP contribution in [0.25, 0.3) is 5.69 Å². The molecular weight excluding hydrogens is 542 g/mol. The fourth-order valence-electron chi connectivity index (χ4n) is 5.43. The van der Waals surface area contributed by atoms with Gasteiger partial charge >= 0.3 is 0 Å². The lowest BCUT2D eigenvalue weighted by Crippen LogP contribution is -2.33. The first-order valence-corrected chi connectivity index (χ1v) is 13.9. The van der Waals surface area contributed by atoms with Gasteiger partial charge in [0.2, 0.25) is 5.91 Å². The summed E-state index contributed by atoms with van der Waals surface area (Å²) in [4.78, 5) is 19.7. The molecule has 2 aromatic carbocycles. The molecule has 2 N–H and O–H groups in total. The van der Waals surface area contributed by atoms with E-state index < -0.39 is 0 Å². The van der Waals surface area contributed by atoms with Crippen molar-refractivity contribution in [3.05, 3.63) is 106 Å². The Morgan fingerprint density at radius 3 is 2.60 bits per heavy atom. The number of carbonyl (C=O) groups is 1. The molecule has 3 heterocycles. The van der Waals surface area contributed by atoms with Crippen LogP contribution < -0.4 is 15.4 Å². The number of aryl methyl sites for hydroxylation is 2. The summed E-state index contributed by atoms with van der Waals surface area (Å²) < 4.78 is 7.83. The van der Waals surface area contributed by atoms with Crippen molar-refractivity contribution < 1.29 is 9.53 Å². The number of thiocarbonyl (C=S) groups is 1. The van der Waals surface area contributed by atoms with Gasteiger partial charge in [0.15, 0.2) is 5.11 Å². The summed E-state index contributed by atoms with van der Waals surface area (Å²) in [6.07, 6.45) is 2.07. The number of hydrogen-bond donors (Lipinski definition) is 2. The van der Waals surface area contributed by atoms with E-state index in [0.717, 1.165) is 45.3 Å². The van der Waals surface area contributed by atoms with Crippen molar-refractivity contribution in [1.82, 2.24) is 19.8 Å². The highest BCUT2D eigenvalue weighted by Crippen LogP contribution is 2.42. The van der Waals surface area contributed by atoms with Crippen LogP contribution in [-0.4, -0.2) is 39.1 Å². The van der Waals surface area contributed by atoms with E-state index in [1.54, 1.807) is 13.3 Å². The highest BCUT2D eigenvalue weighted by atomic mass is 35.5. The van der Waals surface area contributed by atoms with Crippen molar-refractivity contribution in [2.24, 2.45) is 0 Å². The quantitative estimate of drug-likeness (QED) is 0.236. The minimum absolute atomic E-state index is 0.0636. The van der Waals surface area contributed by atoms with Crippen LogP contribution in [0.3, 0.4) is 0 Å². The minimum atomic E-state index is -0.191. The van der Waals surface area contributed by atoms with E-state index in [2.05, 4.69) is 45.0 Å². The Morgan fingerprint density at radius 1 is 1.10 bits per heavy atom. The number of nitrogens with zero attached hydrogens (tertiary/aromatic N) is 3. The summed E-state index contributed by atoms with van der Waals surface area (Å²) in [6, 6.07) is 21.0. The molecule has 1 aliphatic heterocycles. The Hall–Kier alpha value is -3.88. The van der Waals surface area contributed by atoms with Gasteiger partial charge in [0, 0.05) is 41.3 Å². The van der Waals surface area contributed by atoms with Crippen LogP contribution in [-0.2, 0) is 4.79 Å². The number of amides is 1. The zero-order valence-electron chi connectivity index (χ0n) is 22.9. The largest absolute Gasteiger partial charge is 0.495 e. The molecule has 0 spiro atoms. The second-order valence-electron chi connectivity index (χ2n) is 9.91. The fraction of sp³-hybridized carbons (Fsp3) is 0.258. The summed E-state index contributed by atoms with van der Waals surface area (Å²) in [6.45, 7) is 6.57. The third-order valence-corrected chi connectivity index (χ3v) is 7.95. The summed E-state index contributed by atoms with van der Waals surface area (Å²) in [5, 5.41) is 7.74. The van der Waals surface area contributed by atoms with E-state index in [1.165, 1.54) is 0 Å². The van der Waals surface area contributed by atoms with Gasteiger partial charge in [-0.15, -0.1) is 0 Å². The minimum Gasteiger partial charge on any atom is -0.495 e. The van der Waals surface area contributed by atoms with Crippen LogP contribution >= 0.6 is 23.8 Å². The SMILES string of the molecule is COc1ccc(Cl)cc1-n1c(C)cc([C@H]2[C@@H](c3ccccn3)NC(=S)N2CCC(=O)Nc2ccccc2C)c1C. The lowest BCUT2D eigenvalue weighted by atomic mass is 9.96. The third kappa shape index (κ3) is 5.42. The third-order valence-electron chi connectivity index (χ3n) is 7.37. The molecule has 40 heavy (non-hydrogen) atoms. The lowest BCUT2D eigenvalue weighted by molar-refractivity contribution is -0.116. The number of anilines is 1. The molecular formula is C31H32ClN5O2S. The Morgan fingerprint density at radius 2 is 1.88 bits per heavy atom. The Labute approximate surface area is 245 Å². The molecule has 1 amide bonds. The van der Waals surface area contributed by atoms with E-state index in [9.17, 15) is 4.79 Å². The normalized spacial score (nSPS) is 16.6. The maximum atomic E-state index is 13.0. The molecule has 0 radical (unpaired) electrons. The Bertz CT molecular complexity index is 1550. The number of methoxy groups -OCH3 is 1. The predicted molar refractivity (Wildman–Crippen MR) is 163 cm³/mol. The highest BCUT2D eigenvalue weighted by molar-refractivity contribution is 7.80. The topological polar surface area (TPSA) is 71.4 Å². The first-order valence-electron chi connectivity index (χ1n) is 13.1. The number of halogens is 1. The van der Waals surface area contributed by atoms with Gasteiger partial charge in [-0.3, -0.25) is 9.78 Å². The van der Waals surface area contributed by atoms with Gasteiger partial charge in [-0.05, 0) is 86.6 Å². The summed E-state index contributed by atoms with van der Waals surface area (Å²) in [7, 11) is 1.65. The summed E-state index contributed by atoms with van der Waals surface area (Å²) >= 11 is 12.2. The maximum Gasteiger partial charge on any atom is 0.226 e. The van der Waals surface area contributed by atoms with Gasteiger partial charge in [0.1, 0.15) is 5.75 Å². The smallest absolute Gasteiger partial charge is 0.226 e. The number of aromatic nitrogens is 2. The Kier molecular flexibility index (Phi) is 8.09. The van der Waals surface area contributed by atoms with Crippen molar-refractivity contribution >= 4 is 40.5 Å². The van der Waals surface area contributed by atoms with Crippen LogP contribution in [0, 0.1) is 20.8 Å². The number of para-hydroxylation sites is 1. The number of pyridine rings is 1. The molecule has 4 aromatic rings. The van der Waals surface area contributed by atoms with Crippen LogP contribution in [0.5, 0.6) is 5.75 Å². The van der Waals surface area contributed by atoms with E-state index in [4.69, 9.17) is 28.6 Å². The van der Waals surface area contributed by atoms with Crippen molar-refractivity contribution in [2.75, 3.05) is 19.0 Å². The fourth-order valence-corrected chi connectivity index (χ4v) is 5.93. The second-order valence-corrected chi connectivity index (χ2v) is 10.7. The number of ether oxygens (including phenoxy) is 1. The van der Waals surface area contributed by atoms with E-state index in [-0.39, 0.29) is 24.4 Å². The first kappa shape index (κ1) is 27.7. The first-order chi connectivity index (χ1) is 19.3. The summed E-state index contributed by atoms with van der Waals surface area (Å²) in [5.74, 6) is 0.662. The number of rotatable bonds is 8. The molecule has 1 fully saturated rings. The van der Waals surface area contributed by atoms with E-state index in [1.807, 2.05) is 67.6 Å². The number of carbonyl (C=O) groups excluding carboxylic acids is 1. The predicted octanol–water partition coefficient (Wildman–Crippen LogP) is 6.46. The van der Waals surface area contributed by atoms with E-state index >= 15 is 0 Å². The van der Waals surface area contributed by atoms with Crippen molar-refractivity contribution in [1.29, 1.82) is 0 Å². The molecule has 0 unspecified atom stereocenters. The zero-order chi connectivity index (χ0) is 28.4. The van der Waals surface area contributed by atoms with Gasteiger partial charge in [-0.2, -0.15) is 0 Å². The van der Waals surface area contributed by atoms with Crippen LogP contribution in [0.1, 0.15) is 46.7 Å². The monoisotopic (exact) mass is 573 g/mol. The molecule has 1 saturated heterocycles. The maximum absolute atomic E-state index is 13.0. The van der Waals surface area contributed by atoms with Crippen molar-refractivity contribution in [2.45, 2.75) is 39.3 Å². The average Bonchev–Trinajstić information content (AvgIpc) is 3.43. The molecule has 0 saturated carbocycles. The van der Waals surface area contributed by atoms with Crippen LogP contribution in [0.15, 0.2) is 72.9 Å². The van der Waals surface area contributed by atoms with Gasteiger partial charge < -0.3 is 24.8 Å². The second kappa shape index (κ2) is 11.7. The van der Waals surface area contributed by atoms with Crippen LogP contribution in [0.4, 0.5) is 5.69 Å². The molecule has 0 aliphatic carbocycles. The molecule has 2 atom stereocenters. The average molecular weight is 574 g/mol. The van der Waals surface area contributed by atoms with Gasteiger partial charge in [-0.25, -0.2) is 0 Å². The molecule has 9 heteroatoms. The van der Waals surface area contributed by atoms with Crippen molar-refractivity contribution in [3.8, 4) is 11.4 Å². The van der Waals surface area contributed by atoms with Crippen molar-refractivity contribution in [3.63, 3.8) is 0 Å². The molecule has 0 bridgehead atoms. The van der Waals surface area contributed by atoms with E-state index in [0.29, 0.717) is 16.7 Å². The highest BCUT2D eigenvalue weighted by Gasteiger charge is 2.41. The van der Waals surface area contributed by atoms with Crippen LogP contribution in [0.2, 0.25) is 5.02 Å². The molecule has 1 aliphatic rings. The molecule has 5 rings (SSSR count). The standard InChI is InChI=1S/C31H32ClN5O2S/c1-19-9-5-6-10-24(19)34-28(38)14-16-36-30(29(35-31(36)40)25-11-7-8-15-33-25)23-17-20(2)37(21(23)3)26-18-22(32)12-13-27(26)39-4/h5-13,15,17-18,29-30H,14,16H2,1-4H3,(H,34,38)(H,35,40)/t29-,30+/m1/s1. The number of nitrogens with one attached hydrogen (secondary N) is 2. The number of hydrogen-bond acceptors (Lipinski definition) is 4. The number of benzene rings is 2. The molecule has 2 aromatic heterocycles. The zero-order valence-corrected chi connectivity index (χ0v) is 24.5. The summed E-state index contributed by atoms with van der Waals surface area (Å²) in [5.41, 5.74) is 6.73. The Balaban J connectivity index is 1.51. The molecule has 206 valence electrons.